The number of halogens is 2. The average molecular weight is 185 g/mol. The van der Waals surface area contributed by atoms with E-state index in [1.165, 1.54) is 0 Å². The Labute approximate surface area is 70.4 Å². The van der Waals surface area contributed by atoms with Crippen LogP contribution in [-0.2, 0) is 9.53 Å². The molecule has 2 nitrogen and oxygen atoms in total. The lowest BCUT2D eigenvalue weighted by molar-refractivity contribution is -0.142. The van der Waals surface area contributed by atoms with Crippen molar-refractivity contribution in [3.05, 3.63) is 0 Å². The van der Waals surface area contributed by atoms with Crippen LogP contribution in [0.25, 0.3) is 0 Å². The van der Waals surface area contributed by atoms with Crippen LogP contribution in [0, 0.1) is 0 Å². The van der Waals surface area contributed by atoms with Crippen molar-refractivity contribution in [2.45, 2.75) is 25.3 Å². The van der Waals surface area contributed by atoms with Crippen molar-refractivity contribution >= 4 is 29.2 Å². The molecule has 0 rings (SSSR count). The van der Waals surface area contributed by atoms with Crippen LogP contribution in [0.5, 0.6) is 0 Å². The SMILES string of the molecule is CCCC(Cl)OC(=O)CCl. The van der Waals surface area contributed by atoms with Gasteiger partial charge in [-0.15, -0.1) is 11.6 Å². The molecule has 0 radical (unpaired) electrons. The van der Waals surface area contributed by atoms with E-state index >= 15 is 0 Å². The van der Waals surface area contributed by atoms with Crippen molar-refractivity contribution in [2.24, 2.45) is 0 Å². The summed E-state index contributed by atoms with van der Waals surface area (Å²) in [7, 11) is 0. The summed E-state index contributed by atoms with van der Waals surface area (Å²) in [6, 6.07) is 0. The number of carbonyl (C=O) groups excluding carboxylic acids is 1. The highest BCUT2D eigenvalue weighted by molar-refractivity contribution is 6.27. The predicted octanol–water partition coefficient (Wildman–Crippen LogP) is 2.13. The fraction of sp³-hybridized carbons (Fsp3) is 0.833. The van der Waals surface area contributed by atoms with Crippen molar-refractivity contribution in [2.75, 3.05) is 5.88 Å². The van der Waals surface area contributed by atoms with Gasteiger partial charge >= 0.3 is 5.97 Å². The number of ether oxygens (including phenoxy) is 1. The molecule has 10 heavy (non-hydrogen) atoms. The number of esters is 1. The largest absolute Gasteiger partial charge is 0.445 e. The summed E-state index contributed by atoms with van der Waals surface area (Å²) in [4.78, 5) is 10.5. The highest BCUT2D eigenvalue weighted by Crippen LogP contribution is 2.06. The van der Waals surface area contributed by atoms with Crippen LogP contribution in [0.4, 0.5) is 0 Å². The molecular formula is C6H10Cl2O2. The topological polar surface area (TPSA) is 26.3 Å². The van der Waals surface area contributed by atoms with Crippen molar-refractivity contribution < 1.29 is 9.53 Å². The quantitative estimate of drug-likeness (QED) is 0.495. The molecule has 1 unspecified atom stereocenters. The molecule has 0 spiro atoms. The Morgan fingerprint density at radius 1 is 1.70 bits per heavy atom. The first-order valence-electron chi connectivity index (χ1n) is 3.10. The first-order chi connectivity index (χ1) is 4.70. The molecule has 1 atom stereocenters. The summed E-state index contributed by atoms with van der Waals surface area (Å²) in [5.41, 5.74) is -0.517. The Kier molecular flexibility index (Phi) is 5.84. The third-order valence-electron chi connectivity index (χ3n) is 0.884. The molecular weight excluding hydrogens is 175 g/mol. The van der Waals surface area contributed by atoms with Crippen molar-refractivity contribution in [3.63, 3.8) is 0 Å². The van der Waals surface area contributed by atoms with Gasteiger partial charge in [-0.2, -0.15) is 0 Å². The fourth-order valence-electron chi connectivity index (χ4n) is 0.460. The van der Waals surface area contributed by atoms with Gasteiger partial charge in [0.2, 0.25) is 0 Å². The lowest BCUT2D eigenvalue weighted by Crippen LogP contribution is -2.13. The molecule has 0 aromatic heterocycles. The van der Waals surface area contributed by atoms with Crippen molar-refractivity contribution in [1.82, 2.24) is 0 Å². The van der Waals surface area contributed by atoms with Crippen LogP contribution in [0.1, 0.15) is 19.8 Å². The Morgan fingerprint density at radius 2 is 2.30 bits per heavy atom. The van der Waals surface area contributed by atoms with Crippen LogP contribution in [0.15, 0.2) is 0 Å². The number of hydrogen-bond donors (Lipinski definition) is 0. The maximum atomic E-state index is 10.5. The Balaban J connectivity index is 3.37. The summed E-state index contributed by atoms with van der Waals surface area (Å²) in [6.45, 7) is 1.96. The van der Waals surface area contributed by atoms with Gasteiger partial charge < -0.3 is 4.74 Å². The van der Waals surface area contributed by atoms with E-state index in [0.717, 1.165) is 6.42 Å². The molecule has 0 amide bonds. The Hall–Kier alpha value is 0.0500. The number of rotatable bonds is 4. The van der Waals surface area contributed by atoms with Gasteiger partial charge in [0.15, 0.2) is 5.56 Å². The zero-order valence-electron chi connectivity index (χ0n) is 5.77. The van der Waals surface area contributed by atoms with E-state index < -0.39 is 11.5 Å². The summed E-state index contributed by atoms with van der Waals surface area (Å²) in [5, 5.41) is 0. The van der Waals surface area contributed by atoms with Crippen molar-refractivity contribution in [3.8, 4) is 0 Å². The maximum absolute atomic E-state index is 10.5. The molecule has 0 N–H and O–H groups in total. The number of hydrogen-bond acceptors (Lipinski definition) is 2. The second kappa shape index (κ2) is 5.81. The van der Waals surface area contributed by atoms with Crippen LogP contribution in [0.2, 0.25) is 0 Å². The molecule has 0 aliphatic rings. The maximum Gasteiger partial charge on any atom is 0.322 e. The van der Waals surface area contributed by atoms with Crippen molar-refractivity contribution in [1.29, 1.82) is 0 Å². The van der Waals surface area contributed by atoms with E-state index in [-0.39, 0.29) is 5.88 Å². The minimum atomic E-state index is -0.517. The Bertz CT molecular complexity index is 106. The molecule has 0 heterocycles. The van der Waals surface area contributed by atoms with Crippen LogP contribution in [-0.4, -0.2) is 17.4 Å². The summed E-state index contributed by atoms with van der Waals surface area (Å²) >= 11 is 10.7. The second-order valence-corrected chi connectivity index (χ2v) is 2.58. The van der Waals surface area contributed by atoms with E-state index in [9.17, 15) is 4.79 Å². The van der Waals surface area contributed by atoms with E-state index in [2.05, 4.69) is 4.74 Å². The smallest absolute Gasteiger partial charge is 0.322 e. The second-order valence-electron chi connectivity index (χ2n) is 1.82. The molecule has 4 heteroatoms. The van der Waals surface area contributed by atoms with Gasteiger partial charge in [0.05, 0.1) is 0 Å². The summed E-state index contributed by atoms with van der Waals surface area (Å²) in [6.07, 6.45) is 1.56. The minimum absolute atomic E-state index is 0.132. The van der Waals surface area contributed by atoms with Gasteiger partial charge in [-0.05, 0) is 6.42 Å². The van der Waals surface area contributed by atoms with Gasteiger partial charge in [-0.3, -0.25) is 4.79 Å². The standard InChI is InChI=1S/C6H10Cl2O2/c1-2-3-5(8)10-6(9)4-7/h5H,2-4H2,1H3. The zero-order valence-corrected chi connectivity index (χ0v) is 7.28. The van der Waals surface area contributed by atoms with E-state index in [4.69, 9.17) is 23.2 Å². The summed E-state index contributed by atoms with van der Waals surface area (Å²) < 4.78 is 4.63. The first-order valence-corrected chi connectivity index (χ1v) is 4.07. The number of carbonyl (C=O) groups is 1. The molecule has 0 saturated heterocycles. The highest BCUT2D eigenvalue weighted by Gasteiger charge is 2.07. The summed E-state index contributed by atoms with van der Waals surface area (Å²) in [5.74, 6) is -0.595. The molecule has 0 aliphatic carbocycles. The lowest BCUT2D eigenvalue weighted by atomic mass is 10.4. The third-order valence-corrected chi connectivity index (χ3v) is 1.41. The first kappa shape index (κ1) is 10.0. The molecule has 0 saturated carbocycles. The van der Waals surface area contributed by atoms with Gasteiger partial charge in [0.1, 0.15) is 5.88 Å². The van der Waals surface area contributed by atoms with E-state index in [1.54, 1.807) is 0 Å². The average Bonchev–Trinajstić information content (AvgIpc) is 1.88. The molecule has 0 fully saturated rings. The van der Waals surface area contributed by atoms with Gasteiger partial charge in [-0.1, -0.05) is 24.9 Å². The van der Waals surface area contributed by atoms with E-state index in [0.29, 0.717) is 6.42 Å². The molecule has 0 aromatic rings. The monoisotopic (exact) mass is 184 g/mol. The van der Waals surface area contributed by atoms with Gasteiger partial charge in [-0.25, -0.2) is 0 Å². The van der Waals surface area contributed by atoms with Crippen LogP contribution < -0.4 is 0 Å². The Morgan fingerprint density at radius 3 is 2.70 bits per heavy atom. The normalized spacial score (nSPS) is 12.7. The van der Waals surface area contributed by atoms with E-state index in [1.807, 2.05) is 6.92 Å². The minimum Gasteiger partial charge on any atom is -0.445 e. The molecule has 0 aliphatic heterocycles. The van der Waals surface area contributed by atoms with Crippen LogP contribution in [0.3, 0.4) is 0 Å². The lowest BCUT2D eigenvalue weighted by Gasteiger charge is -2.07. The zero-order chi connectivity index (χ0) is 7.98. The molecule has 60 valence electrons. The third kappa shape index (κ3) is 4.89. The molecule has 0 bridgehead atoms. The molecule has 0 aromatic carbocycles. The highest BCUT2D eigenvalue weighted by atomic mass is 35.5. The van der Waals surface area contributed by atoms with Gasteiger partial charge in [0, 0.05) is 0 Å². The number of alkyl halides is 2. The van der Waals surface area contributed by atoms with Crippen LogP contribution >= 0.6 is 23.2 Å². The van der Waals surface area contributed by atoms with Gasteiger partial charge in [0.25, 0.3) is 0 Å². The fourth-order valence-corrected chi connectivity index (χ4v) is 0.841. The predicted molar refractivity (Wildman–Crippen MR) is 41.4 cm³/mol.